The third-order valence-electron chi connectivity index (χ3n) is 5.91. The van der Waals surface area contributed by atoms with Crippen LogP contribution in [0.2, 0.25) is 5.02 Å². The molecule has 0 saturated carbocycles. The van der Waals surface area contributed by atoms with Crippen molar-refractivity contribution in [3.05, 3.63) is 125 Å². The Bertz CT molecular complexity index is 1660. The predicted molar refractivity (Wildman–Crippen MR) is 158 cm³/mol. The molecule has 4 rings (SSSR count). The van der Waals surface area contributed by atoms with Crippen molar-refractivity contribution in [2.24, 2.45) is 5.10 Å². The Morgan fingerprint density at radius 3 is 2.23 bits per heavy atom. The first-order valence-corrected chi connectivity index (χ1v) is 14.1. The van der Waals surface area contributed by atoms with Crippen LogP contribution < -0.4 is 15.0 Å². The van der Waals surface area contributed by atoms with Gasteiger partial charge in [0.2, 0.25) is 0 Å². The molecule has 204 valence electrons. The van der Waals surface area contributed by atoms with Crippen molar-refractivity contribution >= 4 is 50.5 Å². The topological polar surface area (TPSA) is 108 Å². The summed E-state index contributed by atoms with van der Waals surface area (Å²) in [5.74, 6) is -0.942. The third kappa shape index (κ3) is 7.13. The lowest BCUT2D eigenvalue weighted by atomic mass is 10.1. The minimum atomic E-state index is -4.02. The number of halogens is 1. The first kappa shape index (κ1) is 28.5. The summed E-state index contributed by atoms with van der Waals surface area (Å²) in [5.41, 5.74) is 5.77. The molecule has 0 aliphatic rings. The highest BCUT2D eigenvalue weighted by Crippen LogP contribution is 2.23. The number of carbonyl (C=O) groups excluding carboxylic acids is 2. The standard InChI is InChI=1S/C30H27ClN4O4S/c1-21-14-16-28(17-15-21)40(38,39)35(27-12-4-3-5-13-27)20-29(36)34-33-22(2)23-8-7-11-26(19-23)32-30(37)24-9-6-10-25(31)18-24/h3-19H,20H2,1-2H3,(H,32,37)(H,34,36)/b33-22-. The molecule has 0 radical (unpaired) electrons. The molecule has 0 aliphatic carbocycles. The van der Waals surface area contributed by atoms with Crippen LogP contribution in [0.1, 0.15) is 28.4 Å². The molecular formula is C30H27ClN4O4S. The molecule has 8 nitrogen and oxygen atoms in total. The molecule has 4 aromatic rings. The van der Waals surface area contributed by atoms with Gasteiger partial charge < -0.3 is 5.32 Å². The fraction of sp³-hybridized carbons (Fsp3) is 0.100. The largest absolute Gasteiger partial charge is 0.322 e. The van der Waals surface area contributed by atoms with Crippen molar-refractivity contribution in [3.63, 3.8) is 0 Å². The number of anilines is 2. The predicted octanol–water partition coefficient (Wildman–Crippen LogP) is 5.64. The van der Waals surface area contributed by atoms with Crippen molar-refractivity contribution in [2.75, 3.05) is 16.2 Å². The Hall–Kier alpha value is -4.47. The summed E-state index contributed by atoms with van der Waals surface area (Å²) < 4.78 is 28.0. The van der Waals surface area contributed by atoms with Crippen LogP contribution in [-0.2, 0) is 14.8 Å². The highest BCUT2D eigenvalue weighted by Gasteiger charge is 2.27. The maximum atomic E-state index is 13.5. The van der Waals surface area contributed by atoms with Gasteiger partial charge in [-0.2, -0.15) is 5.10 Å². The lowest BCUT2D eigenvalue weighted by Crippen LogP contribution is -2.39. The number of hydrogen-bond donors (Lipinski definition) is 2. The van der Waals surface area contributed by atoms with E-state index in [1.807, 2.05) is 6.92 Å². The number of sulfonamides is 1. The molecule has 0 fully saturated rings. The SMILES string of the molecule is C/C(=N/NC(=O)CN(c1ccccc1)S(=O)(=O)c1ccc(C)cc1)c1cccc(NC(=O)c2cccc(Cl)c2)c1. The number of rotatable bonds is 9. The van der Waals surface area contributed by atoms with E-state index < -0.39 is 22.5 Å². The van der Waals surface area contributed by atoms with E-state index in [0.717, 1.165) is 9.87 Å². The fourth-order valence-electron chi connectivity index (χ4n) is 3.78. The van der Waals surface area contributed by atoms with Crippen molar-refractivity contribution in [1.29, 1.82) is 0 Å². The number of carbonyl (C=O) groups is 2. The van der Waals surface area contributed by atoms with Gasteiger partial charge in [-0.15, -0.1) is 0 Å². The van der Waals surface area contributed by atoms with Gasteiger partial charge in [-0.3, -0.25) is 13.9 Å². The van der Waals surface area contributed by atoms with Gasteiger partial charge in [-0.05, 0) is 74.0 Å². The zero-order chi connectivity index (χ0) is 28.7. The summed E-state index contributed by atoms with van der Waals surface area (Å²) >= 11 is 5.98. The Kier molecular flexibility index (Phi) is 8.98. The molecule has 0 bridgehead atoms. The maximum absolute atomic E-state index is 13.5. The quantitative estimate of drug-likeness (QED) is 0.199. The minimum absolute atomic E-state index is 0.0751. The van der Waals surface area contributed by atoms with Crippen LogP contribution in [0.25, 0.3) is 0 Å². The van der Waals surface area contributed by atoms with Crippen LogP contribution in [0.5, 0.6) is 0 Å². The normalized spacial score (nSPS) is 11.5. The fourth-order valence-corrected chi connectivity index (χ4v) is 5.39. The van der Waals surface area contributed by atoms with Crippen LogP contribution in [0.4, 0.5) is 11.4 Å². The Morgan fingerprint density at radius 1 is 0.850 bits per heavy atom. The van der Waals surface area contributed by atoms with E-state index in [9.17, 15) is 18.0 Å². The molecule has 0 atom stereocenters. The molecule has 0 aromatic heterocycles. The smallest absolute Gasteiger partial charge is 0.264 e. The number of nitrogens with zero attached hydrogens (tertiary/aromatic N) is 2. The van der Waals surface area contributed by atoms with Crippen LogP contribution >= 0.6 is 11.6 Å². The number of benzene rings is 4. The number of para-hydroxylation sites is 1. The zero-order valence-electron chi connectivity index (χ0n) is 21.8. The van der Waals surface area contributed by atoms with E-state index in [2.05, 4.69) is 15.8 Å². The van der Waals surface area contributed by atoms with Gasteiger partial charge in [-0.1, -0.05) is 65.7 Å². The highest BCUT2D eigenvalue weighted by atomic mass is 35.5. The maximum Gasteiger partial charge on any atom is 0.264 e. The lowest BCUT2D eigenvalue weighted by molar-refractivity contribution is -0.119. The van der Waals surface area contributed by atoms with Crippen LogP contribution in [-0.4, -0.2) is 32.5 Å². The molecular weight excluding hydrogens is 548 g/mol. The van der Waals surface area contributed by atoms with E-state index in [1.165, 1.54) is 12.1 Å². The third-order valence-corrected chi connectivity index (χ3v) is 7.94. The Morgan fingerprint density at radius 2 is 1.52 bits per heavy atom. The number of nitrogens with one attached hydrogen (secondary N) is 2. The molecule has 4 aromatic carbocycles. The molecule has 0 heterocycles. The van der Waals surface area contributed by atoms with Crippen LogP contribution in [0.15, 0.2) is 113 Å². The average Bonchev–Trinajstić information content (AvgIpc) is 2.95. The van der Waals surface area contributed by atoms with E-state index in [-0.39, 0.29) is 10.8 Å². The number of hydrogen-bond acceptors (Lipinski definition) is 5. The van der Waals surface area contributed by atoms with E-state index in [0.29, 0.717) is 33.2 Å². The second kappa shape index (κ2) is 12.6. The number of hydrazone groups is 1. The average molecular weight is 575 g/mol. The van der Waals surface area contributed by atoms with Gasteiger partial charge in [0.05, 0.1) is 16.3 Å². The summed E-state index contributed by atoms with van der Waals surface area (Å²) in [6.07, 6.45) is 0. The van der Waals surface area contributed by atoms with Crippen LogP contribution in [0, 0.1) is 6.92 Å². The summed E-state index contributed by atoms with van der Waals surface area (Å²) in [6.45, 7) is 3.07. The van der Waals surface area contributed by atoms with Crippen molar-refractivity contribution in [3.8, 4) is 0 Å². The van der Waals surface area contributed by atoms with Gasteiger partial charge in [0.15, 0.2) is 0 Å². The molecule has 2 amide bonds. The molecule has 0 saturated heterocycles. The van der Waals surface area contributed by atoms with E-state index >= 15 is 0 Å². The van der Waals surface area contributed by atoms with E-state index in [4.69, 9.17) is 11.6 Å². The first-order valence-electron chi connectivity index (χ1n) is 12.3. The Balaban J connectivity index is 1.48. The Labute approximate surface area is 238 Å². The van der Waals surface area contributed by atoms with Gasteiger partial charge in [0.1, 0.15) is 6.54 Å². The van der Waals surface area contributed by atoms with Gasteiger partial charge >= 0.3 is 0 Å². The molecule has 2 N–H and O–H groups in total. The summed E-state index contributed by atoms with van der Waals surface area (Å²) in [7, 11) is -4.02. The second-order valence-electron chi connectivity index (χ2n) is 8.94. The summed E-state index contributed by atoms with van der Waals surface area (Å²) in [4.78, 5) is 25.5. The monoisotopic (exact) mass is 574 g/mol. The van der Waals surface area contributed by atoms with Crippen molar-refractivity contribution in [1.82, 2.24) is 5.43 Å². The molecule has 40 heavy (non-hydrogen) atoms. The minimum Gasteiger partial charge on any atom is -0.322 e. The zero-order valence-corrected chi connectivity index (χ0v) is 23.4. The van der Waals surface area contributed by atoms with Crippen LogP contribution in [0.3, 0.4) is 0 Å². The van der Waals surface area contributed by atoms with Gasteiger partial charge in [-0.25, -0.2) is 13.8 Å². The highest BCUT2D eigenvalue weighted by molar-refractivity contribution is 7.92. The molecule has 0 spiro atoms. The van der Waals surface area contributed by atoms with E-state index in [1.54, 1.807) is 97.9 Å². The van der Waals surface area contributed by atoms with Crippen molar-refractivity contribution < 1.29 is 18.0 Å². The van der Waals surface area contributed by atoms with Gasteiger partial charge in [0.25, 0.3) is 21.8 Å². The summed E-state index contributed by atoms with van der Waals surface area (Å²) in [5, 5.41) is 7.43. The second-order valence-corrected chi connectivity index (χ2v) is 11.2. The number of aryl methyl sites for hydroxylation is 1. The van der Waals surface area contributed by atoms with Crippen molar-refractivity contribution in [2.45, 2.75) is 18.7 Å². The summed E-state index contributed by atoms with van der Waals surface area (Å²) in [6, 6.07) is 28.4. The molecule has 0 unspecified atom stereocenters. The number of amides is 2. The molecule has 0 aliphatic heterocycles. The molecule has 10 heteroatoms. The first-order chi connectivity index (χ1) is 19.1. The van der Waals surface area contributed by atoms with Gasteiger partial charge in [0, 0.05) is 16.3 Å². The lowest BCUT2D eigenvalue weighted by Gasteiger charge is -2.23.